The van der Waals surface area contributed by atoms with Crippen molar-refractivity contribution in [1.82, 2.24) is 16.0 Å². The standard InChI is InChI=1S/C17H30N8O8/c18-8(3-4-11(19)26)14(30)25-9(2-1-5-22-17(20)21)15(31)23-7-12(27)24-10(16(32)33)6-13(28)29/h8-10H,1-7,18H2,(H2,19,26)(H,23,31)(H,24,27)(H,25,30)(H,28,29)(H,32,33)(H4,20,21,22). The second-order valence-electron chi connectivity index (χ2n) is 6.90. The largest absolute Gasteiger partial charge is 0.481 e. The van der Waals surface area contributed by atoms with Crippen LogP contribution in [0.3, 0.4) is 0 Å². The number of nitrogens with two attached hydrogens (primary N) is 4. The number of carboxylic acid groups (broad SMARTS) is 2. The summed E-state index contributed by atoms with van der Waals surface area (Å²) in [5.41, 5.74) is 21.1. The van der Waals surface area contributed by atoms with Gasteiger partial charge in [-0.1, -0.05) is 0 Å². The Kier molecular flexibility index (Phi) is 13.2. The summed E-state index contributed by atoms with van der Waals surface area (Å²) in [6, 6.07) is -3.97. The number of hydrogen-bond donors (Lipinski definition) is 9. The Bertz CT molecular complexity index is 768. The molecule has 0 fully saturated rings. The van der Waals surface area contributed by atoms with E-state index in [-0.39, 0.29) is 38.2 Å². The van der Waals surface area contributed by atoms with Gasteiger partial charge in [-0.05, 0) is 19.3 Å². The molecule has 0 spiro atoms. The molecule has 0 radical (unpaired) electrons. The summed E-state index contributed by atoms with van der Waals surface area (Å²) in [6.45, 7) is -0.540. The molecular formula is C17H30N8O8. The number of carboxylic acids is 2. The lowest BCUT2D eigenvalue weighted by Crippen LogP contribution is -2.53. The highest BCUT2D eigenvalue weighted by molar-refractivity contribution is 5.93. The average Bonchev–Trinajstić information content (AvgIpc) is 2.70. The van der Waals surface area contributed by atoms with Gasteiger partial charge < -0.3 is 49.1 Å². The Morgan fingerprint density at radius 3 is 2.03 bits per heavy atom. The van der Waals surface area contributed by atoms with Crippen LogP contribution < -0.4 is 38.9 Å². The molecule has 3 unspecified atom stereocenters. The molecule has 16 heteroatoms. The number of aliphatic imine (C=N–C) groups is 1. The minimum atomic E-state index is -1.69. The molecule has 33 heavy (non-hydrogen) atoms. The number of guanidine groups is 1. The first-order chi connectivity index (χ1) is 15.3. The topological polar surface area (TPSA) is 295 Å². The first-order valence-electron chi connectivity index (χ1n) is 9.74. The molecule has 0 saturated heterocycles. The van der Waals surface area contributed by atoms with Crippen molar-refractivity contribution >= 4 is 41.5 Å². The van der Waals surface area contributed by atoms with E-state index in [1.807, 2.05) is 5.32 Å². The molecule has 4 amide bonds. The fraction of sp³-hybridized carbons (Fsp3) is 0.588. The SMILES string of the molecule is NC(=O)CCC(N)C(=O)NC(CCCN=C(N)N)C(=O)NCC(=O)NC(CC(=O)O)C(=O)O. The van der Waals surface area contributed by atoms with Gasteiger partial charge in [-0.2, -0.15) is 0 Å². The zero-order valence-electron chi connectivity index (χ0n) is 17.8. The van der Waals surface area contributed by atoms with E-state index in [0.29, 0.717) is 0 Å². The number of rotatable bonds is 16. The van der Waals surface area contributed by atoms with Crippen molar-refractivity contribution < 1.29 is 39.0 Å². The van der Waals surface area contributed by atoms with E-state index in [2.05, 4.69) is 15.6 Å². The fourth-order valence-electron chi connectivity index (χ4n) is 2.39. The van der Waals surface area contributed by atoms with E-state index in [4.69, 9.17) is 33.1 Å². The molecule has 0 aliphatic heterocycles. The second kappa shape index (κ2) is 15.0. The number of aliphatic carboxylic acids is 2. The normalized spacial score (nSPS) is 13.0. The molecule has 0 aliphatic carbocycles. The highest BCUT2D eigenvalue weighted by Gasteiger charge is 2.26. The molecule has 13 N–H and O–H groups in total. The maximum atomic E-state index is 12.5. The average molecular weight is 474 g/mol. The zero-order valence-corrected chi connectivity index (χ0v) is 17.8. The van der Waals surface area contributed by atoms with Crippen molar-refractivity contribution in [3.05, 3.63) is 0 Å². The van der Waals surface area contributed by atoms with E-state index >= 15 is 0 Å². The van der Waals surface area contributed by atoms with Crippen LogP contribution in [0.1, 0.15) is 32.1 Å². The predicted molar refractivity (Wildman–Crippen MR) is 113 cm³/mol. The van der Waals surface area contributed by atoms with Gasteiger partial charge >= 0.3 is 11.9 Å². The lowest BCUT2D eigenvalue weighted by Gasteiger charge is -2.20. The molecule has 0 bridgehead atoms. The third kappa shape index (κ3) is 13.9. The molecule has 16 nitrogen and oxygen atoms in total. The Hall–Kier alpha value is -3.95. The van der Waals surface area contributed by atoms with Crippen molar-refractivity contribution in [3.8, 4) is 0 Å². The Morgan fingerprint density at radius 2 is 1.52 bits per heavy atom. The molecule has 186 valence electrons. The van der Waals surface area contributed by atoms with Gasteiger partial charge in [-0.3, -0.25) is 29.0 Å². The van der Waals surface area contributed by atoms with Gasteiger partial charge in [0.2, 0.25) is 23.6 Å². The molecule has 0 aromatic rings. The molecule has 0 aromatic carbocycles. The first-order valence-corrected chi connectivity index (χ1v) is 9.74. The zero-order chi connectivity index (χ0) is 25.6. The van der Waals surface area contributed by atoms with Crippen LogP contribution in [-0.4, -0.2) is 83.0 Å². The van der Waals surface area contributed by atoms with Crippen LogP contribution in [0.15, 0.2) is 4.99 Å². The smallest absolute Gasteiger partial charge is 0.326 e. The Labute approximate surface area is 188 Å². The highest BCUT2D eigenvalue weighted by Crippen LogP contribution is 2.02. The number of nitrogens with zero attached hydrogens (tertiary/aromatic N) is 1. The molecular weight excluding hydrogens is 444 g/mol. The van der Waals surface area contributed by atoms with Gasteiger partial charge in [0.1, 0.15) is 12.1 Å². The fourth-order valence-corrected chi connectivity index (χ4v) is 2.39. The maximum Gasteiger partial charge on any atom is 0.326 e. The van der Waals surface area contributed by atoms with Crippen LogP contribution in [-0.2, 0) is 28.8 Å². The summed E-state index contributed by atoms with van der Waals surface area (Å²) in [6.07, 6.45) is -0.737. The van der Waals surface area contributed by atoms with Crippen LogP contribution in [0.4, 0.5) is 0 Å². The molecule has 0 aromatic heterocycles. The number of carbonyl (C=O) groups excluding carboxylic acids is 4. The predicted octanol–water partition coefficient (Wildman–Crippen LogP) is -4.72. The highest BCUT2D eigenvalue weighted by atomic mass is 16.4. The van der Waals surface area contributed by atoms with Crippen molar-refractivity contribution in [2.75, 3.05) is 13.1 Å². The number of nitrogens with one attached hydrogen (secondary N) is 3. The van der Waals surface area contributed by atoms with Crippen LogP contribution >= 0.6 is 0 Å². The van der Waals surface area contributed by atoms with Gasteiger partial charge in [0.05, 0.1) is 19.0 Å². The number of hydrogen-bond acceptors (Lipinski definition) is 8. The van der Waals surface area contributed by atoms with E-state index in [9.17, 15) is 28.8 Å². The Balaban J connectivity index is 5.01. The van der Waals surface area contributed by atoms with Crippen molar-refractivity contribution in [2.45, 2.75) is 50.2 Å². The minimum Gasteiger partial charge on any atom is -0.481 e. The summed E-state index contributed by atoms with van der Waals surface area (Å²) in [4.78, 5) is 72.9. The second-order valence-corrected chi connectivity index (χ2v) is 6.90. The van der Waals surface area contributed by atoms with Gasteiger partial charge in [0.25, 0.3) is 0 Å². The molecule has 0 heterocycles. The number of carbonyl (C=O) groups is 6. The minimum absolute atomic E-state index is 0.0495. The van der Waals surface area contributed by atoms with Crippen molar-refractivity contribution in [3.63, 3.8) is 0 Å². The van der Waals surface area contributed by atoms with Gasteiger partial charge in [0.15, 0.2) is 5.96 Å². The molecule has 0 aliphatic rings. The quantitative estimate of drug-likeness (QED) is 0.0581. The molecule has 3 atom stereocenters. The van der Waals surface area contributed by atoms with Crippen LogP contribution in [0, 0.1) is 0 Å². The Morgan fingerprint density at radius 1 is 0.879 bits per heavy atom. The summed E-state index contributed by atoms with van der Waals surface area (Å²) in [5, 5.41) is 24.2. The third-order valence-electron chi connectivity index (χ3n) is 4.05. The van der Waals surface area contributed by atoms with Crippen molar-refractivity contribution in [2.24, 2.45) is 27.9 Å². The summed E-state index contributed by atoms with van der Waals surface area (Å²) < 4.78 is 0. The third-order valence-corrected chi connectivity index (χ3v) is 4.05. The monoisotopic (exact) mass is 474 g/mol. The maximum absolute atomic E-state index is 12.5. The van der Waals surface area contributed by atoms with E-state index in [0.717, 1.165) is 0 Å². The van der Waals surface area contributed by atoms with E-state index in [1.165, 1.54) is 0 Å². The van der Waals surface area contributed by atoms with Crippen LogP contribution in [0.5, 0.6) is 0 Å². The lowest BCUT2D eigenvalue weighted by atomic mass is 10.1. The lowest BCUT2D eigenvalue weighted by molar-refractivity contribution is -0.147. The van der Waals surface area contributed by atoms with Crippen molar-refractivity contribution in [1.29, 1.82) is 0 Å². The van der Waals surface area contributed by atoms with E-state index < -0.39 is 66.7 Å². The van der Waals surface area contributed by atoms with Gasteiger partial charge in [-0.15, -0.1) is 0 Å². The van der Waals surface area contributed by atoms with Gasteiger partial charge in [-0.25, -0.2) is 4.79 Å². The number of primary amides is 1. The first kappa shape index (κ1) is 29.0. The van der Waals surface area contributed by atoms with E-state index in [1.54, 1.807) is 0 Å². The van der Waals surface area contributed by atoms with Gasteiger partial charge in [0, 0.05) is 13.0 Å². The summed E-state index contributed by atoms with van der Waals surface area (Å²) in [5.74, 6) is -6.32. The van der Waals surface area contributed by atoms with Crippen LogP contribution in [0.2, 0.25) is 0 Å². The molecule has 0 saturated carbocycles. The molecule has 0 rings (SSSR count). The number of amides is 4. The summed E-state index contributed by atoms with van der Waals surface area (Å²) >= 11 is 0. The summed E-state index contributed by atoms with van der Waals surface area (Å²) in [7, 11) is 0. The van der Waals surface area contributed by atoms with Crippen LogP contribution in [0.25, 0.3) is 0 Å².